The average molecular weight is 408 g/mol. The maximum atomic E-state index is 11.9. The molecule has 0 spiro atoms. The normalized spacial score (nSPS) is 10.2. The number of halogens is 1. The van der Waals surface area contributed by atoms with Gasteiger partial charge < -0.3 is 19.5 Å². The van der Waals surface area contributed by atoms with Crippen molar-refractivity contribution >= 4 is 33.5 Å². The van der Waals surface area contributed by atoms with E-state index in [1.54, 1.807) is 36.4 Å². The molecular weight excluding hydrogens is 390 g/mol. The number of benzene rings is 2. The summed E-state index contributed by atoms with van der Waals surface area (Å²) in [5, 5.41) is 2.70. The van der Waals surface area contributed by atoms with Crippen LogP contribution in [0.5, 0.6) is 5.75 Å². The maximum absolute atomic E-state index is 11.9. The Kier molecular flexibility index (Phi) is 7.43. The van der Waals surface area contributed by atoms with Crippen LogP contribution in [-0.2, 0) is 14.3 Å². The van der Waals surface area contributed by atoms with Crippen LogP contribution in [0.25, 0.3) is 0 Å². The molecule has 2 rings (SSSR count). The summed E-state index contributed by atoms with van der Waals surface area (Å²) in [5.41, 5.74) is 0.970. The SMILES string of the molecule is COCCOC(=O)c1ccc(NC(=O)COc2ccc(Br)cc2)cc1. The lowest BCUT2D eigenvalue weighted by atomic mass is 10.2. The summed E-state index contributed by atoms with van der Waals surface area (Å²) in [7, 11) is 1.53. The van der Waals surface area contributed by atoms with E-state index in [9.17, 15) is 9.59 Å². The molecular formula is C18H18BrNO5. The van der Waals surface area contributed by atoms with Crippen molar-refractivity contribution in [2.75, 3.05) is 32.2 Å². The number of anilines is 1. The summed E-state index contributed by atoms with van der Waals surface area (Å²) >= 11 is 3.33. The number of methoxy groups -OCH3 is 1. The molecule has 0 aliphatic rings. The first-order chi connectivity index (χ1) is 12.1. The van der Waals surface area contributed by atoms with Gasteiger partial charge in [-0.15, -0.1) is 0 Å². The van der Waals surface area contributed by atoms with Crippen LogP contribution in [-0.4, -0.2) is 38.8 Å². The first-order valence-electron chi connectivity index (χ1n) is 7.53. The lowest BCUT2D eigenvalue weighted by molar-refractivity contribution is -0.118. The third-order valence-corrected chi connectivity index (χ3v) is 3.64. The van der Waals surface area contributed by atoms with Crippen molar-refractivity contribution in [3.63, 3.8) is 0 Å². The summed E-state index contributed by atoms with van der Waals surface area (Å²) in [6.07, 6.45) is 0. The number of amides is 1. The first-order valence-corrected chi connectivity index (χ1v) is 8.32. The number of esters is 1. The summed E-state index contributed by atoms with van der Waals surface area (Å²) < 4.78 is 16.2. The van der Waals surface area contributed by atoms with Crippen LogP contribution < -0.4 is 10.1 Å². The average Bonchev–Trinajstić information content (AvgIpc) is 2.62. The molecule has 0 aromatic heterocycles. The first kappa shape index (κ1) is 19.0. The molecule has 0 heterocycles. The predicted octanol–water partition coefficient (Wildman–Crippen LogP) is 3.27. The summed E-state index contributed by atoms with van der Waals surface area (Å²) in [6, 6.07) is 13.6. The zero-order chi connectivity index (χ0) is 18.1. The molecule has 2 aromatic rings. The Morgan fingerprint density at radius 2 is 1.68 bits per heavy atom. The van der Waals surface area contributed by atoms with Crippen LogP contribution in [0.2, 0.25) is 0 Å². The number of nitrogens with one attached hydrogen (secondary N) is 1. The van der Waals surface area contributed by atoms with Crippen molar-refractivity contribution in [1.29, 1.82) is 0 Å². The highest BCUT2D eigenvalue weighted by Crippen LogP contribution is 2.16. The van der Waals surface area contributed by atoms with Crippen molar-refractivity contribution in [3.8, 4) is 5.75 Å². The highest BCUT2D eigenvalue weighted by atomic mass is 79.9. The summed E-state index contributed by atoms with van der Waals surface area (Å²) in [4.78, 5) is 23.6. The monoisotopic (exact) mass is 407 g/mol. The molecule has 0 aliphatic heterocycles. The Balaban J connectivity index is 1.80. The minimum atomic E-state index is -0.437. The second-order valence-electron chi connectivity index (χ2n) is 5.00. The van der Waals surface area contributed by atoms with Crippen LogP contribution >= 0.6 is 15.9 Å². The molecule has 0 atom stereocenters. The van der Waals surface area contributed by atoms with Gasteiger partial charge in [0.15, 0.2) is 6.61 Å². The van der Waals surface area contributed by atoms with Gasteiger partial charge in [0.1, 0.15) is 12.4 Å². The molecule has 0 saturated heterocycles. The van der Waals surface area contributed by atoms with Crippen molar-refractivity contribution in [1.82, 2.24) is 0 Å². The molecule has 2 aromatic carbocycles. The minimum Gasteiger partial charge on any atom is -0.484 e. The highest BCUT2D eigenvalue weighted by molar-refractivity contribution is 9.10. The molecule has 1 amide bonds. The third-order valence-electron chi connectivity index (χ3n) is 3.11. The number of hydrogen-bond acceptors (Lipinski definition) is 5. The number of carbonyl (C=O) groups excluding carboxylic acids is 2. The van der Waals surface area contributed by atoms with Gasteiger partial charge in [0, 0.05) is 17.3 Å². The van der Waals surface area contributed by atoms with Crippen LogP contribution in [0.15, 0.2) is 53.0 Å². The fourth-order valence-corrected chi connectivity index (χ4v) is 2.13. The van der Waals surface area contributed by atoms with Crippen molar-refractivity contribution < 1.29 is 23.8 Å². The van der Waals surface area contributed by atoms with E-state index in [-0.39, 0.29) is 19.1 Å². The quantitative estimate of drug-likeness (QED) is 0.536. The van der Waals surface area contributed by atoms with E-state index in [0.717, 1.165) is 4.47 Å². The molecule has 0 bridgehead atoms. The molecule has 1 N–H and O–H groups in total. The van der Waals surface area contributed by atoms with Gasteiger partial charge in [0.25, 0.3) is 5.91 Å². The van der Waals surface area contributed by atoms with Crippen molar-refractivity contribution in [2.24, 2.45) is 0 Å². The Labute approximate surface area is 154 Å². The molecule has 0 radical (unpaired) electrons. The van der Waals surface area contributed by atoms with Crippen LogP contribution in [0, 0.1) is 0 Å². The Bertz CT molecular complexity index is 700. The Hall–Kier alpha value is -2.38. The smallest absolute Gasteiger partial charge is 0.338 e. The lowest BCUT2D eigenvalue weighted by Gasteiger charge is -2.08. The molecule has 0 aliphatic carbocycles. The fourth-order valence-electron chi connectivity index (χ4n) is 1.87. The largest absolute Gasteiger partial charge is 0.484 e. The van der Waals surface area contributed by atoms with Gasteiger partial charge in [-0.05, 0) is 48.5 Å². The molecule has 0 fully saturated rings. The second-order valence-corrected chi connectivity index (χ2v) is 5.91. The minimum absolute atomic E-state index is 0.109. The number of hydrogen-bond donors (Lipinski definition) is 1. The van der Waals surface area contributed by atoms with E-state index >= 15 is 0 Å². The number of rotatable bonds is 8. The molecule has 6 nitrogen and oxygen atoms in total. The van der Waals surface area contributed by atoms with Gasteiger partial charge in [-0.1, -0.05) is 15.9 Å². The maximum Gasteiger partial charge on any atom is 0.338 e. The Morgan fingerprint density at radius 3 is 2.32 bits per heavy atom. The fraction of sp³-hybridized carbons (Fsp3) is 0.222. The van der Waals surface area contributed by atoms with Gasteiger partial charge >= 0.3 is 5.97 Å². The highest BCUT2D eigenvalue weighted by Gasteiger charge is 2.08. The zero-order valence-corrected chi connectivity index (χ0v) is 15.2. The predicted molar refractivity (Wildman–Crippen MR) is 96.9 cm³/mol. The molecule has 132 valence electrons. The molecule has 0 saturated carbocycles. The van der Waals surface area contributed by atoms with Crippen LogP contribution in [0.3, 0.4) is 0 Å². The van der Waals surface area contributed by atoms with Crippen LogP contribution in [0.1, 0.15) is 10.4 Å². The Morgan fingerprint density at radius 1 is 1.00 bits per heavy atom. The zero-order valence-electron chi connectivity index (χ0n) is 13.7. The van der Waals surface area contributed by atoms with Crippen molar-refractivity contribution in [2.45, 2.75) is 0 Å². The molecule has 0 unspecified atom stereocenters. The van der Waals surface area contributed by atoms with Crippen molar-refractivity contribution in [3.05, 3.63) is 58.6 Å². The number of carbonyl (C=O) groups is 2. The summed E-state index contributed by atoms with van der Waals surface area (Å²) in [6.45, 7) is 0.432. The van der Waals surface area contributed by atoms with Gasteiger partial charge in [0.05, 0.1) is 12.2 Å². The standard InChI is InChI=1S/C18H18BrNO5/c1-23-10-11-24-18(22)13-2-6-15(7-3-13)20-17(21)12-25-16-8-4-14(19)5-9-16/h2-9H,10-12H2,1H3,(H,20,21). The molecule has 7 heteroatoms. The third kappa shape index (κ3) is 6.56. The van der Waals surface area contributed by atoms with Gasteiger partial charge in [-0.25, -0.2) is 4.79 Å². The van der Waals surface area contributed by atoms with E-state index in [2.05, 4.69) is 21.2 Å². The van der Waals surface area contributed by atoms with E-state index < -0.39 is 5.97 Å². The van der Waals surface area contributed by atoms with Crippen LogP contribution in [0.4, 0.5) is 5.69 Å². The van der Waals surface area contributed by atoms with E-state index in [0.29, 0.717) is 23.6 Å². The number of ether oxygens (including phenoxy) is 3. The van der Waals surface area contributed by atoms with Gasteiger partial charge in [0.2, 0.25) is 0 Å². The topological polar surface area (TPSA) is 73.9 Å². The van der Waals surface area contributed by atoms with E-state index in [4.69, 9.17) is 14.2 Å². The molecule has 25 heavy (non-hydrogen) atoms. The van der Waals surface area contributed by atoms with E-state index in [1.807, 2.05) is 12.1 Å². The van der Waals surface area contributed by atoms with E-state index in [1.165, 1.54) is 7.11 Å². The van der Waals surface area contributed by atoms with Gasteiger partial charge in [-0.2, -0.15) is 0 Å². The second kappa shape index (κ2) is 9.80. The lowest BCUT2D eigenvalue weighted by Crippen LogP contribution is -2.20. The van der Waals surface area contributed by atoms with Gasteiger partial charge in [-0.3, -0.25) is 4.79 Å². The summed E-state index contributed by atoms with van der Waals surface area (Å²) in [5.74, 6) is -0.126.